The zero-order valence-corrected chi connectivity index (χ0v) is 9.29. The van der Waals surface area contributed by atoms with Gasteiger partial charge in [-0.15, -0.1) is 0 Å². The van der Waals surface area contributed by atoms with Gasteiger partial charge in [0.25, 0.3) is 0 Å². The molecule has 0 aromatic heterocycles. The third-order valence-electron chi connectivity index (χ3n) is 1.91. The second-order valence-corrected chi connectivity index (χ2v) is 5.97. The molecular formula is C7H11Cl2NO2S. The Bertz CT molecular complexity index is 300. The first-order valence-electron chi connectivity index (χ1n) is 3.92. The number of hydrogen-bond donors (Lipinski definition) is 1. The molecule has 1 fully saturated rings. The lowest BCUT2D eigenvalue weighted by Gasteiger charge is -2.08. The molecule has 1 N–H and O–H groups in total. The highest BCUT2D eigenvalue weighted by Crippen LogP contribution is 2.12. The highest BCUT2D eigenvalue weighted by Gasteiger charge is 2.27. The van der Waals surface area contributed by atoms with Crippen LogP contribution in [0.25, 0.3) is 0 Å². The molecule has 0 aromatic rings. The maximum atomic E-state index is 11.0. The van der Waals surface area contributed by atoms with E-state index in [4.69, 9.17) is 23.2 Å². The van der Waals surface area contributed by atoms with Crippen LogP contribution in [-0.4, -0.2) is 32.5 Å². The standard InChI is InChI=1S/C7H11Cl2NO2S/c8-3-6(9)4-10-7-1-2-13(11,12)5-7/h3,7,10H,1-2,4-5H2/b6-3+. The summed E-state index contributed by atoms with van der Waals surface area (Å²) in [4.78, 5) is 0. The molecule has 0 aromatic carbocycles. The van der Waals surface area contributed by atoms with E-state index in [0.29, 0.717) is 18.0 Å². The van der Waals surface area contributed by atoms with Gasteiger partial charge >= 0.3 is 0 Å². The summed E-state index contributed by atoms with van der Waals surface area (Å²) >= 11 is 11.0. The van der Waals surface area contributed by atoms with Gasteiger partial charge < -0.3 is 5.32 Å². The summed E-state index contributed by atoms with van der Waals surface area (Å²) in [6.45, 7) is 0.436. The van der Waals surface area contributed by atoms with Crippen LogP contribution in [0.4, 0.5) is 0 Å². The SMILES string of the molecule is O=S1(=O)CCC(NC/C(Cl)=C\Cl)C1. The lowest BCUT2D eigenvalue weighted by molar-refractivity contribution is 0.583. The van der Waals surface area contributed by atoms with E-state index in [2.05, 4.69) is 5.32 Å². The first kappa shape index (κ1) is 11.3. The molecule has 0 radical (unpaired) electrons. The van der Waals surface area contributed by atoms with Crippen LogP contribution in [0.3, 0.4) is 0 Å². The normalized spacial score (nSPS) is 27.8. The van der Waals surface area contributed by atoms with Crippen molar-refractivity contribution in [1.82, 2.24) is 5.32 Å². The average molecular weight is 244 g/mol. The Labute approximate surface area is 88.0 Å². The van der Waals surface area contributed by atoms with Crippen molar-refractivity contribution in [1.29, 1.82) is 0 Å². The summed E-state index contributed by atoms with van der Waals surface area (Å²) in [6.07, 6.45) is 0.661. The smallest absolute Gasteiger partial charge is 0.151 e. The van der Waals surface area contributed by atoms with Gasteiger partial charge in [0, 0.05) is 23.2 Å². The summed E-state index contributed by atoms with van der Waals surface area (Å²) in [6, 6.07) is 0.0235. The van der Waals surface area contributed by atoms with Gasteiger partial charge in [-0.2, -0.15) is 0 Å². The Kier molecular flexibility index (Phi) is 4.04. The molecule has 0 saturated carbocycles. The van der Waals surface area contributed by atoms with E-state index < -0.39 is 9.84 Å². The first-order chi connectivity index (χ1) is 6.03. The molecule has 1 saturated heterocycles. The van der Waals surface area contributed by atoms with Gasteiger partial charge in [-0.3, -0.25) is 0 Å². The minimum Gasteiger partial charge on any atom is -0.308 e. The molecular weight excluding hydrogens is 233 g/mol. The predicted octanol–water partition coefficient (Wildman–Crippen LogP) is 1.08. The van der Waals surface area contributed by atoms with Crippen molar-refractivity contribution >= 4 is 33.0 Å². The second-order valence-electron chi connectivity index (χ2n) is 3.04. The van der Waals surface area contributed by atoms with Crippen molar-refractivity contribution in [2.45, 2.75) is 12.5 Å². The van der Waals surface area contributed by atoms with Gasteiger partial charge in [0.15, 0.2) is 9.84 Å². The van der Waals surface area contributed by atoms with E-state index in [1.807, 2.05) is 0 Å². The molecule has 1 aliphatic heterocycles. The van der Waals surface area contributed by atoms with Crippen molar-refractivity contribution in [3.05, 3.63) is 10.6 Å². The molecule has 0 aliphatic carbocycles. The van der Waals surface area contributed by atoms with Gasteiger partial charge in [-0.05, 0) is 6.42 Å². The maximum absolute atomic E-state index is 11.0. The van der Waals surface area contributed by atoms with Crippen LogP contribution in [0.1, 0.15) is 6.42 Å². The predicted molar refractivity (Wildman–Crippen MR) is 54.9 cm³/mol. The molecule has 76 valence electrons. The quantitative estimate of drug-likeness (QED) is 0.808. The van der Waals surface area contributed by atoms with Gasteiger partial charge in [0.2, 0.25) is 0 Å². The van der Waals surface area contributed by atoms with E-state index in [-0.39, 0.29) is 17.5 Å². The lowest BCUT2D eigenvalue weighted by atomic mass is 10.3. The lowest BCUT2D eigenvalue weighted by Crippen LogP contribution is -2.30. The fraction of sp³-hybridized carbons (Fsp3) is 0.714. The number of sulfone groups is 1. The van der Waals surface area contributed by atoms with E-state index >= 15 is 0 Å². The van der Waals surface area contributed by atoms with Gasteiger partial charge in [0.1, 0.15) is 0 Å². The third-order valence-corrected chi connectivity index (χ3v) is 4.30. The third kappa shape index (κ3) is 3.85. The van der Waals surface area contributed by atoms with E-state index in [0.717, 1.165) is 0 Å². The molecule has 6 heteroatoms. The molecule has 3 nitrogen and oxygen atoms in total. The Balaban J connectivity index is 2.33. The molecule has 13 heavy (non-hydrogen) atoms. The van der Waals surface area contributed by atoms with Crippen LogP contribution in [0, 0.1) is 0 Å². The summed E-state index contributed by atoms with van der Waals surface area (Å²) in [7, 11) is -2.81. The molecule has 1 aliphatic rings. The van der Waals surface area contributed by atoms with Crippen LogP contribution in [0.15, 0.2) is 10.6 Å². The molecule has 0 bridgehead atoms. The fourth-order valence-electron chi connectivity index (χ4n) is 1.24. The van der Waals surface area contributed by atoms with E-state index in [9.17, 15) is 8.42 Å². The van der Waals surface area contributed by atoms with Crippen molar-refractivity contribution < 1.29 is 8.42 Å². The highest BCUT2D eigenvalue weighted by atomic mass is 35.5. The molecule has 0 amide bonds. The number of rotatable bonds is 3. The summed E-state index contributed by atoms with van der Waals surface area (Å²) in [5.74, 6) is 0.479. The molecule has 1 heterocycles. The molecule has 1 unspecified atom stereocenters. The first-order valence-corrected chi connectivity index (χ1v) is 6.55. The number of nitrogens with one attached hydrogen (secondary N) is 1. The van der Waals surface area contributed by atoms with Crippen LogP contribution in [0.2, 0.25) is 0 Å². The molecule has 1 rings (SSSR count). The van der Waals surface area contributed by atoms with E-state index in [1.165, 1.54) is 5.54 Å². The second kappa shape index (κ2) is 4.64. The van der Waals surface area contributed by atoms with Crippen LogP contribution in [0.5, 0.6) is 0 Å². The van der Waals surface area contributed by atoms with Crippen molar-refractivity contribution in [3.63, 3.8) is 0 Å². The Morgan fingerprint density at radius 2 is 2.31 bits per heavy atom. The summed E-state index contributed by atoms with van der Waals surface area (Å²) in [5, 5.41) is 3.52. The van der Waals surface area contributed by atoms with Crippen molar-refractivity contribution in [3.8, 4) is 0 Å². The van der Waals surface area contributed by atoms with Gasteiger partial charge in [-0.1, -0.05) is 23.2 Å². The number of hydrogen-bond acceptors (Lipinski definition) is 3. The average Bonchev–Trinajstić information content (AvgIpc) is 2.41. The fourth-order valence-corrected chi connectivity index (χ4v) is 3.10. The Morgan fingerprint density at radius 1 is 1.62 bits per heavy atom. The number of halogens is 2. The molecule has 0 spiro atoms. The minimum absolute atomic E-state index is 0.0235. The summed E-state index contributed by atoms with van der Waals surface area (Å²) in [5.41, 5.74) is 1.28. The Hall–Kier alpha value is 0.230. The monoisotopic (exact) mass is 243 g/mol. The Morgan fingerprint density at radius 3 is 2.77 bits per heavy atom. The minimum atomic E-state index is -2.81. The van der Waals surface area contributed by atoms with Crippen LogP contribution < -0.4 is 5.32 Å². The van der Waals surface area contributed by atoms with Gasteiger partial charge in [-0.25, -0.2) is 8.42 Å². The van der Waals surface area contributed by atoms with E-state index in [1.54, 1.807) is 0 Å². The molecule has 1 atom stereocenters. The van der Waals surface area contributed by atoms with Crippen molar-refractivity contribution in [2.24, 2.45) is 0 Å². The van der Waals surface area contributed by atoms with Crippen LogP contribution >= 0.6 is 23.2 Å². The maximum Gasteiger partial charge on any atom is 0.151 e. The van der Waals surface area contributed by atoms with Crippen LogP contribution in [-0.2, 0) is 9.84 Å². The summed E-state index contributed by atoms with van der Waals surface area (Å²) < 4.78 is 22.1. The largest absolute Gasteiger partial charge is 0.308 e. The van der Waals surface area contributed by atoms with Crippen molar-refractivity contribution in [2.75, 3.05) is 18.1 Å². The van der Waals surface area contributed by atoms with Gasteiger partial charge in [0.05, 0.1) is 11.5 Å². The zero-order chi connectivity index (χ0) is 9.90. The topological polar surface area (TPSA) is 46.2 Å². The highest BCUT2D eigenvalue weighted by molar-refractivity contribution is 7.91. The zero-order valence-electron chi connectivity index (χ0n) is 6.96.